The Morgan fingerprint density at radius 3 is 2.67 bits per heavy atom. The lowest BCUT2D eigenvalue weighted by Crippen LogP contribution is -2.54. The smallest absolute Gasteiger partial charge is 0.162 e. The van der Waals surface area contributed by atoms with E-state index in [0.717, 1.165) is 44.9 Å². The summed E-state index contributed by atoms with van der Waals surface area (Å²) in [5.74, 6) is 1.62. The van der Waals surface area contributed by atoms with Crippen LogP contribution in [0.2, 0.25) is 0 Å². The molecular weight excluding hydrogens is 300 g/mol. The fourth-order valence-corrected chi connectivity index (χ4v) is 6.59. The third-order valence-corrected chi connectivity index (χ3v) is 7.77. The molecule has 0 saturated heterocycles. The molecule has 0 aromatic carbocycles. The molecular formula is C21H28O3. The van der Waals surface area contributed by atoms with Crippen molar-refractivity contribution in [2.75, 3.05) is 7.11 Å². The first kappa shape index (κ1) is 16.3. The first-order valence-electron chi connectivity index (χ1n) is 9.45. The van der Waals surface area contributed by atoms with Crippen LogP contribution >= 0.6 is 0 Å². The van der Waals surface area contributed by atoms with Crippen LogP contribution in [0, 0.1) is 17.3 Å². The van der Waals surface area contributed by atoms with Crippen LogP contribution in [-0.4, -0.2) is 24.3 Å². The number of fused-ring (bicyclic) bond motifs is 4. The van der Waals surface area contributed by atoms with Crippen molar-refractivity contribution in [1.29, 1.82) is 0 Å². The van der Waals surface area contributed by atoms with E-state index in [1.165, 1.54) is 11.1 Å². The fourth-order valence-electron chi connectivity index (χ4n) is 6.59. The van der Waals surface area contributed by atoms with Gasteiger partial charge in [0.1, 0.15) is 5.60 Å². The molecule has 0 bridgehead atoms. The van der Waals surface area contributed by atoms with Gasteiger partial charge < -0.3 is 4.74 Å². The Hall–Kier alpha value is -1.22. The molecule has 2 fully saturated rings. The van der Waals surface area contributed by atoms with Crippen LogP contribution in [0.3, 0.4) is 0 Å². The molecule has 2 saturated carbocycles. The van der Waals surface area contributed by atoms with Crippen molar-refractivity contribution < 1.29 is 14.3 Å². The Morgan fingerprint density at radius 1 is 1.17 bits per heavy atom. The molecule has 24 heavy (non-hydrogen) atoms. The maximum absolute atomic E-state index is 12.5. The Morgan fingerprint density at radius 2 is 1.96 bits per heavy atom. The van der Waals surface area contributed by atoms with Crippen LogP contribution in [0.5, 0.6) is 0 Å². The molecule has 0 heterocycles. The van der Waals surface area contributed by atoms with Crippen LogP contribution in [0.1, 0.15) is 65.2 Å². The number of hydrogen-bond acceptors (Lipinski definition) is 3. The molecule has 4 atom stereocenters. The summed E-state index contributed by atoms with van der Waals surface area (Å²) < 4.78 is 5.91. The van der Waals surface area contributed by atoms with Gasteiger partial charge >= 0.3 is 0 Å². The molecule has 130 valence electrons. The second kappa shape index (κ2) is 5.39. The minimum Gasteiger partial charge on any atom is -0.370 e. The Kier molecular flexibility index (Phi) is 3.65. The van der Waals surface area contributed by atoms with E-state index in [0.29, 0.717) is 24.0 Å². The molecule has 0 aliphatic heterocycles. The highest BCUT2D eigenvalue weighted by Gasteiger charge is 2.63. The number of hydrogen-bond donors (Lipinski definition) is 0. The number of methoxy groups -OCH3 is 1. The van der Waals surface area contributed by atoms with Gasteiger partial charge in [0.05, 0.1) is 0 Å². The molecule has 0 amide bonds. The summed E-state index contributed by atoms with van der Waals surface area (Å²) in [5.41, 5.74) is 3.77. The van der Waals surface area contributed by atoms with Crippen LogP contribution in [0.15, 0.2) is 22.8 Å². The van der Waals surface area contributed by atoms with Crippen LogP contribution in [-0.2, 0) is 14.3 Å². The Balaban J connectivity index is 1.75. The van der Waals surface area contributed by atoms with Gasteiger partial charge in [-0.3, -0.25) is 9.59 Å². The van der Waals surface area contributed by atoms with E-state index in [1.54, 1.807) is 19.6 Å². The molecule has 3 heteroatoms. The van der Waals surface area contributed by atoms with Crippen LogP contribution < -0.4 is 0 Å². The lowest BCUT2D eigenvalue weighted by molar-refractivity contribution is -0.159. The first-order chi connectivity index (χ1) is 11.4. The van der Waals surface area contributed by atoms with E-state index in [1.807, 2.05) is 6.08 Å². The number of Topliss-reactive ketones (excluding diaryl/α,β-unsaturated/α-hetero) is 1. The zero-order valence-electron chi connectivity index (χ0n) is 15.1. The molecule has 4 aliphatic rings. The highest BCUT2D eigenvalue weighted by Crippen LogP contribution is 2.64. The van der Waals surface area contributed by atoms with Crippen LogP contribution in [0.4, 0.5) is 0 Å². The maximum Gasteiger partial charge on any atom is 0.162 e. The monoisotopic (exact) mass is 328 g/mol. The van der Waals surface area contributed by atoms with E-state index in [-0.39, 0.29) is 11.2 Å². The SMILES string of the molecule is CO[C@]1(C(C)=O)CC[C@H]2[C@@H]3CCC4=CC(=O)CCC4=C3CC[C@@]21C. The standard InChI is InChI=1S/C21H28O3/c1-13(22)21(24-3)11-9-19-18-6-4-14-12-15(23)5-7-16(14)17(18)8-10-20(19,21)2/h12,18-19H,4-11H2,1-3H3/t18-,19+,20+,21+/m1/s1. The third-order valence-electron chi connectivity index (χ3n) is 7.77. The van der Waals surface area contributed by atoms with Gasteiger partial charge in [-0.25, -0.2) is 0 Å². The highest BCUT2D eigenvalue weighted by molar-refractivity contribution is 5.93. The number of rotatable bonds is 2. The van der Waals surface area contributed by atoms with Gasteiger partial charge in [-0.05, 0) is 80.9 Å². The zero-order valence-corrected chi connectivity index (χ0v) is 15.1. The predicted molar refractivity (Wildman–Crippen MR) is 92.6 cm³/mol. The lowest BCUT2D eigenvalue weighted by atomic mass is 9.54. The van der Waals surface area contributed by atoms with Crippen molar-refractivity contribution in [1.82, 2.24) is 0 Å². The molecule has 4 aliphatic carbocycles. The van der Waals surface area contributed by atoms with Crippen LogP contribution in [0.25, 0.3) is 0 Å². The van der Waals surface area contributed by atoms with Gasteiger partial charge in [0, 0.05) is 18.9 Å². The molecule has 0 N–H and O–H groups in total. The van der Waals surface area contributed by atoms with Gasteiger partial charge in [0.2, 0.25) is 0 Å². The van der Waals surface area contributed by atoms with Gasteiger partial charge in [0.25, 0.3) is 0 Å². The predicted octanol–water partition coefficient (Wildman–Crippen LogP) is 4.17. The van der Waals surface area contributed by atoms with E-state index in [4.69, 9.17) is 4.74 Å². The molecule has 0 aromatic rings. The molecule has 3 nitrogen and oxygen atoms in total. The summed E-state index contributed by atoms with van der Waals surface area (Å²) in [6, 6.07) is 0. The zero-order chi connectivity index (χ0) is 17.1. The van der Waals surface area contributed by atoms with Gasteiger partial charge in [-0.2, -0.15) is 0 Å². The summed E-state index contributed by atoms with van der Waals surface area (Å²) in [6.07, 6.45) is 9.72. The summed E-state index contributed by atoms with van der Waals surface area (Å²) in [6.45, 7) is 4.01. The minimum atomic E-state index is -0.591. The number of allylic oxidation sites excluding steroid dienone is 4. The average Bonchev–Trinajstić information content (AvgIpc) is 2.87. The van der Waals surface area contributed by atoms with E-state index < -0.39 is 5.60 Å². The second-order valence-electron chi connectivity index (χ2n) is 8.43. The summed E-state index contributed by atoms with van der Waals surface area (Å²) in [7, 11) is 1.72. The number of carbonyl (C=O) groups excluding carboxylic acids is 2. The minimum absolute atomic E-state index is 0.0476. The number of carbonyl (C=O) groups is 2. The van der Waals surface area contributed by atoms with Crippen molar-refractivity contribution in [3.8, 4) is 0 Å². The highest BCUT2D eigenvalue weighted by atomic mass is 16.5. The number of ketones is 2. The Labute approximate surface area is 144 Å². The van der Waals surface area contributed by atoms with Crippen molar-refractivity contribution in [2.24, 2.45) is 17.3 Å². The molecule has 4 rings (SSSR count). The van der Waals surface area contributed by atoms with Crippen molar-refractivity contribution >= 4 is 11.6 Å². The van der Waals surface area contributed by atoms with Crippen molar-refractivity contribution in [3.05, 3.63) is 22.8 Å². The molecule has 0 unspecified atom stereocenters. The van der Waals surface area contributed by atoms with Gasteiger partial charge in [-0.15, -0.1) is 0 Å². The fraction of sp³-hybridized carbons (Fsp3) is 0.714. The van der Waals surface area contributed by atoms with Gasteiger partial charge in [-0.1, -0.05) is 12.5 Å². The molecule has 0 spiro atoms. The quantitative estimate of drug-likeness (QED) is 0.764. The summed E-state index contributed by atoms with van der Waals surface area (Å²) in [5, 5.41) is 0. The normalized spacial score (nSPS) is 41.5. The third kappa shape index (κ3) is 1.94. The van der Waals surface area contributed by atoms with E-state index in [2.05, 4.69) is 6.92 Å². The summed E-state index contributed by atoms with van der Waals surface area (Å²) >= 11 is 0. The lowest BCUT2D eigenvalue weighted by Gasteiger charge is -2.52. The molecule has 0 aromatic heterocycles. The van der Waals surface area contributed by atoms with E-state index >= 15 is 0 Å². The average molecular weight is 328 g/mol. The Bertz CT molecular complexity index is 671. The molecule has 0 radical (unpaired) electrons. The maximum atomic E-state index is 12.5. The summed E-state index contributed by atoms with van der Waals surface area (Å²) in [4.78, 5) is 24.3. The second-order valence-corrected chi connectivity index (χ2v) is 8.43. The van der Waals surface area contributed by atoms with Gasteiger partial charge in [0.15, 0.2) is 11.6 Å². The number of ether oxygens (including phenoxy) is 1. The van der Waals surface area contributed by atoms with Crippen molar-refractivity contribution in [2.45, 2.75) is 70.8 Å². The topological polar surface area (TPSA) is 43.4 Å². The largest absolute Gasteiger partial charge is 0.370 e. The van der Waals surface area contributed by atoms with E-state index in [9.17, 15) is 9.59 Å². The first-order valence-corrected chi connectivity index (χ1v) is 9.45. The van der Waals surface area contributed by atoms with Crippen molar-refractivity contribution in [3.63, 3.8) is 0 Å².